The molecule has 0 spiro atoms. The Labute approximate surface area is 111 Å². The Morgan fingerprint density at radius 3 is 2.61 bits per heavy atom. The first-order valence-electron chi connectivity index (χ1n) is 7.53. The van der Waals surface area contributed by atoms with Crippen molar-refractivity contribution in [2.24, 2.45) is 10.7 Å². The average Bonchev–Trinajstić information content (AvgIpc) is 2.34. The molecule has 0 bridgehead atoms. The maximum absolute atomic E-state index is 5.91. The number of piperidine rings is 1. The van der Waals surface area contributed by atoms with Crippen molar-refractivity contribution in [2.45, 2.75) is 70.5 Å². The lowest BCUT2D eigenvalue weighted by atomic mass is 9.85. The first-order chi connectivity index (χ1) is 8.69. The van der Waals surface area contributed by atoms with Crippen LogP contribution in [0.4, 0.5) is 0 Å². The van der Waals surface area contributed by atoms with Gasteiger partial charge in [0.05, 0.1) is 6.04 Å². The van der Waals surface area contributed by atoms with Gasteiger partial charge in [-0.3, -0.25) is 4.99 Å². The van der Waals surface area contributed by atoms with Crippen molar-refractivity contribution in [3.05, 3.63) is 0 Å². The fraction of sp³-hybridized carbons (Fsp3) is 0.929. The van der Waals surface area contributed by atoms with Crippen molar-refractivity contribution in [1.29, 1.82) is 0 Å². The van der Waals surface area contributed by atoms with Crippen LogP contribution < -0.4 is 11.1 Å². The standard InChI is InChI=1S/C14H28N4/c1-3-11(2)16-14(15)17-12-9-13(10-12)18-7-5-4-6-8-18/h11-13H,3-10H2,1-2H3,(H3,15,16,17). The van der Waals surface area contributed by atoms with Gasteiger partial charge in [0.2, 0.25) is 0 Å². The molecular formula is C14H28N4. The molecule has 104 valence electrons. The monoisotopic (exact) mass is 252 g/mol. The second-order valence-electron chi connectivity index (χ2n) is 5.84. The van der Waals surface area contributed by atoms with E-state index in [0.717, 1.165) is 12.5 Å². The lowest BCUT2D eigenvalue weighted by molar-refractivity contribution is 0.0911. The molecular weight excluding hydrogens is 224 g/mol. The molecule has 0 amide bonds. The lowest BCUT2D eigenvalue weighted by Gasteiger charge is -2.43. The molecule has 0 aromatic heterocycles. The number of guanidine groups is 1. The molecule has 2 rings (SSSR count). The summed E-state index contributed by atoms with van der Waals surface area (Å²) in [5.41, 5.74) is 5.91. The average molecular weight is 252 g/mol. The van der Waals surface area contributed by atoms with E-state index in [1.807, 2.05) is 0 Å². The Morgan fingerprint density at radius 2 is 2.00 bits per heavy atom. The minimum atomic E-state index is 0.423. The zero-order chi connectivity index (χ0) is 13.0. The summed E-state index contributed by atoms with van der Waals surface area (Å²) in [6, 6.07) is 1.65. The van der Waals surface area contributed by atoms with E-state index in [9.17, 15) is 0 Å². The van der Waals surface area contributed by atoms with Crippen molar-refractivity contribution < 1.29 is 0 Å². The van der Waals surface area contributed by atoms with E-state index in [2.05, 4.69) is 29.1 Å². The molecule has 3 N–H and O–H groups in total. The molecule has 2 aliphatic rings. The zero-order valence-electron chi connectivity index (χ0n) is 11.9. The predicted octanol–water partition coefficient (Wildman–Crippen LogP) is 1.71. The molecule has 1 aliphatic carbocycles. The summed E-state index contributed by atoms with van der Waals surface area (Å²) in [7, 11) is 0. The normalized spacial score (nSPS) is 31.8. The molecule has 1 heterocycles. The fourth-order valence-electron chi connectivity index (χ4n) is 2.83. The van der Waals surface area contributed by atoms with Crippen LogP contribution in [0.25, 0.3) is 0 Å². The van der Waals surface area contributed by atoms with Gasteiger partial charge in [-0.05, 0) is 52.1 Å². The van der Waals surface area contributed by atoms with Crippen molar-refractivity contribution in [3.63, 3.8) is 0 Å². The third-order valence-corrected chi connectivity index (χ3v) is 4.32. The molecule has 0 aromatic rings. The van der Waals surface area contributed by atoms with Crippen LogP contribution in [0.5, 0.6) is 0 Å². The maximum Gasteiger partial charge on any atom is 0.189 e. The summed E-state index contributed by atoms with van der Waals surface area (Å²) in [4.78, 5) is 7.22. The molecule has 18 heavy (non-hydrogen) atoms. The molecule has 2 fully saturated rings. The van der Waals surface area contributed by atoms with Crippen molar-refractivity contribution in [2.75, 3.05) is 13.1 Å². The topological polar surface area (TPSA) is 53.6 Å². The highest BCUT2D eigenvalue weighted by atomic mass is 15.2. The van der Waals surface area contributed by atoms with Gasteiger partial charge in [-0.25, -0.2) is 0 Å². The molecule has 1 unspecified atom stereocenters. The number of aliphatic imine (C=N–C) groups is 1. The van der Waals surface area contributed by atoms with E-state index in [1.165, 1.54) is 45.2 Å². The van der Waals surface area contributed by atoms with Gasteiger partial charge in [-0.1, -0.05) is 13.3 Å². The van der Waals surface area contributed by atoms with Gasteiger partial charge in [0.25, 0.3) is 0 Å². The fourth-order valence-corrected chi connectivity index (χ4v) is 2.83. The molecule has 1 aliphatic heterocycles. The zero-order valence-corrected chi connectivity index (χ0v) is 11.9. The Bertz CT molecular complexity index is 278. The number of hydrogen-bond acceptors (Lipinski definition) is 2. The van der Waals surface area contributed by atoms with E-state index >= 15 is 0 Å². The highest BCUT2D eigenvalue weighted by Gasteiger charge is 2.33. The third-order valence-electron chi connectivity index (χ3n) is 4.32. The first kappa shape index (κ1) is 13.7. The minimum absolute atomic E-state index is 0.423. The Morgan fingerprint density at radius 1 is 1.33 bits per heavy atom. The molecule has 1 saturated carbocycles. The highest BCUT2D eigenvalue weighted by molar-refractivity contribution is 5.78. The van der Waals surface area contributed by atoms with Crippen LogP contribution in [-0.2, 0) is 0 Å². The number of nitrogens with zero attached hydrogens (tertiary/aromatic N) is 2. The largest absolute Gasteiger partial charge is 0.370 e. The number of nitrogens with one attached hydrogen (secondary N) is 1. The maximum atomic E-state index is 5.91. The van der Waals surface area contributed by atoms with Gasteiger partial charge in [-0.2, -0.15) is 0 Å². The van der Waals surface area contributed by atoms with Crippen LogP contribution in [0, 0.1) is 0 Å². The van der Waals surface area contributed by atoms with Crippen LogP contribution in [0.2, 0.25) is 0 Å². The number of rotatable bonds is 4. The van der Waals surface area contributed by atoms with E-state index < -0.39 is 0 Å². The van der Waals surface area contributed by atoms with Crippen LogP contribution in [0.3, 0.4) is 0 Å². The highest BCUT2D eigenvalue weighted by Crippen LogP contribution is 2.30. The summed E-state index contributed by atoms with van der Waals surface area (Å²) in [5, 5.41) is 3.24. The lowest BCUT2D eigenvalue weighted by Crippen LogP contribution is -2.49. The van der Waals surface area contributed by atoms with E-state index in [-0.39, 0.29) is 0 Å². The van der Waals surface area contributed by atoms with Crippen LogP contribution in [-0.4, -0.2) is 42.1 Å². The molecule has 0 radical (unpaired) electrons. The Balaban J connectivity index is 1.70. The number of likely N-dealkylation sites (tertiary alicyclic amines) is 1. The molecule has 0 aromatic carbocycles. The molecule has 1 saturated heterocycles. The van der Waals surface area contributed by atoms with Gasteiger partial charge < -0.3 is 16.0 Å². The van der Waals surface area contributed by atoms with E-state index in [0.29, 0.717) is 18.0 Å². The van der Waals surface area contributed by atoms with Crippen LogP contribution >= 0.6 is 0 Å². The summed E-state index contributed by atoms with van der Waals surface area (Å²) in [5.74, 6) is 0.631. The van der Waals surface area contributed by atoms with E-state index in [1.54, 1.807) is 0 Å². The minimum Gasteiger partial charge on any atom is -0.370 e. The van der Waals surface area contributed by atoms with Gasteiger partial charge in [-0.15, -0.1) is 0 Å². The smallest absolute Gasteiger partial charge is 0.189 e. The van der Waals surface area contributed by atoms with Crippen LogP contribution in [0.1, 0.15) is 52.4 Å². The summed E-state index contributed by atoms with van der Waals surface area (Å²) in [6.45, 7) is 6.88. The van der Waals surface area contributed by atoms with Crippen LogP contribution in [0.15, 0.2) is 4.99 Å². The third kappa shape index (κ3) is 3.61. The predicted molar refractivity (Wildman–Crippen MR) is 76.7 cm³/mol. The molecule has 4 nitrogen and oxygen atoms in total. The van der Waals surface area contributed by atoms with Gasteiger partial charge in [0, 0.05) is 12.1 Å². The molecule has 4 heteroatoms. The van der Waals surface area contributed by atoms with Crippen molar-refractivity contribution >= 4 is 5.96 Å². The van der Waals surface area contributed by atoms with Gasteiger partial charge in [0.15, 0.2) is 5.96 Å². The van der Waals surface area contributed by atoms with Gasteiger partial charge >= 0.3 is 0 Å². The van der Waals surface area contributed by atoms with Crippen molar-refractivity contribution in [3.8, 4) is 0 Å². The number of hydrogen-bond donors (Lipinski definition) is 2. The Hall–Kier alpha value is -0.770. The summed E-state index contributed by atoms with van der Waals surface area (Å²) in [6.07, 6.45) is 7.64. The second kappa shape index (κ2) is 6.41. The summed E-state index contributed by atoms with van der Waals surface area (Å²) < 4.78 is 0. The quantitative estimate of drug-likeness (QED) is 0.591. The summed E-state index contributed by atoms with van der Waals surface area (Å²) >= 11 is 0. The number of nitrogens with two attached hydrogens (primary N) is 1. The second-order valence-corrected chi connectivity index (χ2v) is 5.84. The van der Waals surface area contributed by atoms with Gasteiger partial charge in [0.1, 0.15) is 0 Å². The SMILES string of the molecule is CCC(C)NC(N)=NC1CC(N2CCCCC2)C1. The Kier molecular flexibility index (Phi) is 4.87. The first-order valence-corrected chi connectivity index (χ1v) is 7.53. The van der Waals surface area contributed by atoms with Crippen molar-refractivity contribution in [1.82, 2.24) is 10.2 Å². The van der Waals surface area contributed by atoms with E-state index in [4.69, 9.17) is 5.73 Å². The molecule has 1 atom stereocenters.